The molecule has 0 radical (unpaired) electrons. The Kier molecular flexibility index (Phi) is 6.30. The second kappa shape index (κ2) is 7.99. The largest absolute Gasteiger partial charge is 0.356 e. The molecule has 1 aliphatic heterocycles. The molecule has 0 aromatic carbocycles. The van der Waals surface area contributed by atoms with Crippen molar-refractivity contribution >= 4 is 21.7 Å². The van der Waals surface area contributed by atoms with Crippen molar-refractivity contribution in [1.29, 1.82) is 0 Å². The first-order valence-electron chi connectivity index (χ1n) is 7.77. The van der Waals surface area contributed by atoms with Crippen LogP contribution in [-0.2, 0) is 6.54 Å². The third kappa shape index (κ3) is 4.74. The molecule has 3 nitrogen and oxygen atoms in total. The monoisotopic (exact) mass is 339 g/mol. The molecule has 4 heteroatoms. The molecule has 0 amide bonds. The highest BCUT2D eigenvalue weighted by Gasteiger charge is 2.15. The van der Waals surface area contributed by atoms with Gasteiger partial charge in [0.15, 0.2) is 0 Å². The molecule has 1 N–H and O–H groups in total. The van der Waals surface area contributed by atoms with Gasteiger partial charge in [-0.25, -0.2) is 4.98 Å². The van der Waals surface area contributed by atoms with E-state index in [0.717, 1.165) is 30.7 Å². The number of nitrogens with one attached hydrogen (secondary N) is 1. The smallest absolute Gasteiger partial charge is 0.133 e. The summed E-state index contributed by atoms with van der Waals surface area (Å²) in [5.41, 5.74) is 1.31. The van der Waals surface area contributed by atoms with Crippen LogP contribution in [0.4, 0.5) is 5.82 Å². The summed E-state index contributed by atoms with van der Waals surface area (Å²) in [4.78, 5) is 7.14. The summed E-state index contributed by atoms with van der Waals surface area (Å²) in [5, 5.41) is 3.54. The van der Waals surface area contributed by atoms with Gasteiger partial charge >= 0.3 is 0 Å². The number of nitrogens with zero attached hydrogens (tertiary/aromatic N) is 2. The van der Waals surface area contributed by atoms with Crippen molar-refractivity contribution in [3.63, 3.8) is 0 Å². The average Bonchev–Trinajstić information content (AvgIpc) is 2.67. The molecule has 1 aliphatic rings. The van der Waals surface area contributed by atoms with Gasteiger partial charge in [-0.05, 0) is 47.3 Å². The van der Waals surface area contributed by atoms with Crippen LogP contribution in [0.25, 0.3) is 0 Å². The quantitative estimate of drug-likeness (QED) is 0.879. The molecule has 2 rings (SSSR count). The van der Waals surface area contributed by atoms with Crippen LogP contribution in [0.5, 0.6) is 0 Å². The molecule has 2 heterocycles. The van der Waals surface area contributed by atoms with E-state index in [-0.39, 0.29) is 0 Å². The molecular formula is C16H26BrN3. The Morgan fingerprint density at radius 1 is 1.25 bits per heavy atom. The van der Waals surface area contributed by atoms with E-state index in [9.17, 15) is 0 Å². The zero-order valence-corrected chi connectivity index (χ0v) is 14.2. The van der Waals surface area contributed by atoms with E-state index >= 15 is 0 Å². The summed E-state index contributed by atoms with van der Waals surface area (Å²) in [6.45, 7) is 8.71. The highest BCUT2D eigenvalue weighted by molar-refractivity contribution is 9.10. The van der Waals surface area contributed by atoms with E-state index in [1.807, 2.05) is 6.20 Å². The van der Waals surface area contributed by atoms with Gasteiger partial charge in [-0.1, -0.05) is 26.7 Å². The molecule has 20 heavy (non-hydrogen) atoms. The van der Waals surface area contributed by atoms with E-state index in [0.29, 0.717) is 5.92 Å². The second-order valence-electron chi connectivity index (χ2n) is 6.06. The second-order valence-corrected chi connectivity index (χ2v) is 6.98. The van der Waals surface area contributed by atoms with Crippen molar-refractivity contribution in [1.82, 2.24) is 10.3 Å². The van der Waals surface area contributed by atoms with Gasteiger partial charge in [-0.2, -0.15) is 0 Å². The van der Waals surface area contributed by atoms with Crippen LogP contribution in [0.1, 0.15) is 45.1 Å². The van der Waals surface area contributed by atoms with E-state index in [2.05, 4.69) is 51.0 Å². The van der Waals surface area contributed by atoms with E-state index in [1.165, 1.54) is 37.1 Å². The zero-order chi connectivity index (χ0) is 14.4. The van der Waals surface area contributed by atoms with E-state index in [4.69, 9.17) is 0 Å². The zero-order valence-electron chi connectivity index (χ0n) is 12.7. The third-order valence-corrected chi connectivity index (χ3v) is 4.12. The Labute approximate surface area is 131 Å². The van der Waals surface area contributed by atoms with Gasteiger partial charge in [-0.15, -0.1) is 0 Å². The Morgan fingerprint density at radius 2 is 1.95 bits per heavy atom. The molecule has 112 valence electrons. The number of halogens is 1. The number of anilines is 1. The lowest BCUT2D eigenvalue weighted by Gasteiger charge is -2.24. The van der Waals surface area contributed by atoms with E-state index in [1.54, 1.807) is 0 Å². The predicted octanol–water partition coefficient (Wildman–Crippen LogP) is 3.97. The van der Waals surface area contributed by atoms with Crippen LogP contribution < -0.4 is 10.2 Å². The summed E-state index contributed by atoms with van der Waals surface area (Å²) in [6, 6.07) is 2.21. The third-order valence-electron chi connectivity index (χ3n) is 3.68. The topological polar surface area (TPSA) is 28.2 Å². The molecule has 0 bridgehead atoms. The van der Waals surface area contributed by atoms with Crippen molar-refractivity contribution in [2.24, 2.45) is 5.92 Å². The summed E-state index contributed by atoms with van der Waals surface area (Å²) in [5.74, 6) is 1.85. The van der Waals surface area contributed by atoms with Crippen LogP contribution in [-0.4, -0.2) is 24.6 Å². The Bertz CT molecular complexity index is 412. The Balaban J connectivity index is 2.09. The number of hydrogen-bond donors (Lipinski definition) is 1. The van der Waals surface area contributed by atoms with Gasteiger partial charge in [0.2, 0.25) is 0 Å². The summed E-state index contributed by atoms with van der Waals surface area (Å²) in [7, 11) is 0. The fraction of sp³-hybridized carbons (Fsp3) is 0.688. The summed E-state index contributed by atoms with van der Waals surface area (Å²) < 4.78 is 1.07. The van der Waals surface area contributed by atoms with Crippen molar-refractivity contribution in [3.05, 3.63) is 22.3 Å². The highest BCUT2D eigenvalue weighted by atomic mass is 79.9. The van der Waals surface area contributed by atoms with Gasteiger partial charge in [0.25, 0.3) is 0 Å². The van der Waals surface area contributed by atoms with Gasteiger partial charge in [-0.3, -0.25) is 0 Å². The first-order valence-corrected chi connectivity index (χ1v) is 8.56. The number of pyridine rings is 1. The van der Waals surface area contributed by atoms with Gasteiger partial charge in [0.05, 0.1) is 0 Å². The lowest BCUT2D eigenvalue weighted by molar-refractivity contribution is 0.551. The van der Waals surface area contributed by atoms with Gasteiger partial charge in [0.1, 0.15) is 5.82 Å². The van der Waals surface area contributed by atoms with Crippen molar-refractivity contribution in [2.45, 2.75) is 46.1 Å². The molecule has 0 unspecified atom stereocenters. The normalized spacial score (nSPS) is 16.5. The van der Waals surface area contributed by atoms with E-state index < -0.39 is 0 Å². The minimum atomic E-state index is 0.678. The van der Waals surface area contributed by atoms with Crippen LogP contribution in [0, 0.1) is 5.92 Å². The minimum Gasteiger partial charge on any atom is -0.356 e. The van der Waals surface area contributed by atoms with Crippen molar-refractivity contribution in [2.75, 3.05) is 24.5 Å². The van der Waals surface area contributed by atoms with Crippen molar-refractivity contribution < 1.29 is 0 Å². The van der Waals surface area contributed by atoms with Gasteiger partial charge < -0.3 is 10.2 Å². The molecule has 0 aliphatic carbocycles. The predicted molar refractivity (Wildman–Crippen MR) is 89.2 cm³/mol. The molecule has 1 aromatic heterocycles. The maximum atomic E-state index is 4.68. The molecule has 0 spiro atoms. The number of aromatic nitrogens is 1. The van der Waals surface area contributed by atoms with Crippen LogP contribution >= 0.6 is 15.9 Å². The number of rotatable bonds is 5. The molecule has 1 saturated heterocycles. The first-order chi connectivity index (χ1) is 9.66. The SMILES string of the molecule is CC(C)CNCc1cc(Br)cnc1N1CCCCCC1. The molecular weight excluding hydrogens is 314 g/mol. The fourth-order valence-corrected chi connectivity index (χ4v) is 3.05. The van der Waals surface area contributed by atoms with Crippen LogP contribution in [0.15, 0.2) is 16.7 Å². The lowest BCUT2D eigenvalue weighted by Crippen LogP contribution is -2.28. The maximum Gasteiger partial charge on any atom is 0.133 e. The van der Waals surface area contributed by atoms with Crippen LogP contribution in [0.3, 0.4) is 0 Å². The lowest BCUT2D eigenvalue weighted by atomic mass is 10.2. The average molecular weight is 340 g/mol. The Hall–Kier alpha value is -0.610. The minimum absolute atomic E-state index is 0.678. The van der Waals surface area contributed by atoms with Crippen molar-refractivity contribution in [3.8, 4) is 0 Å². The molecule has 0 atom stereocenters. The van der Waals surface area contributed by atoms with Gasteiger partial charge in [0, 0.05) is 35.9 Å². The summed E-state index contributed by atoms with van der Waals surface area (Å²) in [6.07, 6.45) is 7.21. The standard InChI is InChI=1S/C16H26BrN3/c1-13(2)10-18-11-14-9-15(17)12-19-16(14)20-7-5-3-4-6-8-20/h9,12-13,18H,3-8,10-11H2,1-2H3. The molecule has 1 aromatic rings. The number of hydrogen-bond acceptors (Lipinski definition) is 3. The fourth-order valence-electron chi connectivity index (χ4n) is 2.67. The molecule has 1 fully saturated rings. The first kappa shape index (κ1) is 15.8. The maximum absolute atomic E-state index is 4.68. The Morgan fingerprint density at radius 3 is 2.60 bits per heavy atom. The highest BCUT2D eigenvalue weighted by Crippen LogP contribution is 2.24. The van der Waals surface area contributed by atoms with Crippen LogP contribution in [0.2, 0.25) is 0 Å². The summed E-state index contributed by atoms with van der Waals surface area (Å²) >= 11 is 3.55. The molecule has 0 saturated carbocycles.